The third kappa shape index (κ3) is 3.90. The molecule has 0 heterocycles. The molecule has 1 aliphatic rings. The van der Waals surface area contributed by atoms with Gasteiger partial charge in [0.1, 0.15) is 9.79 Å². The molecule has 0 radical (unpaired) electrons. The van der Waals surface area contributed by atoms with Crippen LogP contribution >= 0.6 is 0 Å². The number of carbonyl (C=O) groups excluding carboxylic acids is 2. The van der Waals surface area contributed by atoms with Gasteiger partial charge in [0.25, 0.3) is 20.2 Å². The van der Waals surface area contributed by atoms with Crippen molar-refractivity contribution in [2.24, 2.45) is 0 Å². The Morgan fingerprint density at radius 3 is 1.19 bits per heavy atom. The first kappa shape index (κ1) is 23.6. The van der Waals surface area contributed by atoms with Gasteiger partial charge in [-0.1, -0.05) is 24.3 Å². The monoisotopic (exact) mass is 416 g/mol. The summed E-state index contributed by atoms with van der Waals surface area (Å²) in [6.07, 6.45) is 0. The second kappa shape index (κ2) is 7.92. The third-order valence-corrected chi connectivity index (χ3v) is 5.34. The van der Waals surface area contributed by atoms with E-state index < -0.39 is 52.7 Å². The first-order valence-electron chi connectivity index (χ1n) is 6.34. The first-order valence-corrected chi connectivity index (χ1v) is 9.22. The zero-order valence-corrected chi connectivity index (χ0v) is 13.3. The summed E-state index contributed by atoms with van der Waals surface area (Å²) in [4.78, 5) is 23.7. The first-order chi connectivity index (χ1) is 11.0. The van der Waals surface area contributed by atoms with Crippen LogP contribution in [0.25, 0.3) is 0 Å². The molecule has 0 bridgehead atoms. The summed E-state index contributed by atoms with van der Waals surface area (Å²) >= 11 is 0. The van der Waals surface area contributed by atoms with Gasteiger partial charge in [-0.15, -0.1) is 0 Å². The molecule has 12 heteroatoms. The van der Waals surface area contributed by atoms with Gasteiger partial charge in [0.2, 0.25) is 0 Å². The van der Waals surface area contributed by atoms with Crippen molar-refractivity contribution in [1.29, 1.82) is 0 Å². The maximum absolute atomic E-state index is 12.6. The van der Waals surface area contributed by atoms with Crippen LogP contribution < -0.4 is 0 Å². The Labute approximate surface area is 193 Å². The van der Waals surface area contributed by atoms with E-state index in [2.05, 4.69) is 0 Å². The molecular formula is C14H10Na2O8S2. The summed E-state index contributed by atoms with van der Waals surface area (Å²) in [5.74, 6) is -1.89. The number of hydrogen-bond donors (Lipinski definition) is 2. The van der Waals surface area contributed by atoms with Crippen molar-refractivity contribution in [2.45, 2.75) is 9.79 Å². The predicted octanol–water partition coefficient (Wildman–Crippen LogP) is -0.342. The van der Waals surface area contributed by atoms with Crippen LogP contribution in [0.5, 0.6) is 0 Å². The van der Waals surface area contributed by atoms with Gasteiger partial charge in [-0.05, 0) is 12.1 Å². The molecule has 0 saturated heterocycles. The minimum atomic E-state index is -4.78. The van der Waals surface area contributed by atoms with E-state index in [9.17, 15) is 35.5 Å². The standard InChI is InChI=1S/C14H8O8S2.2Na.2H/c15-13-7-3-1-5-9(23(17,18)19)11(7)14(16)8-4-2-6-10(12(8)13)24(20,21)22;;;;/h1-6H,(H,17,18,19)(H,20,21,22);;;;. The number of rotatable bonds is 2. The quantitative estimate of drug-likeness (QED) is 0.427. The van der Waals surface area contributed by atoms with E-state index in [-0.39, 0.29) is 70.2 Å². The molecule has 2 N–H and O–H groups in total. The van der Waals surface area contributed by atoms with Crippen molar-refractivity contribution in [3.05, 3.63) is 58.7 Å². The number of carbonyl (C=O) groups is 2. The molecule has 1 aliphatic carbocycles. The fraction of sp³-hybridized carbons (Fsp3) is 0. The molecule has 0 spiro atoms. The van der Waals surface area contributed by atoms with Crippen LogP contribution in [0.2, 0.25) is 0 Å². The molecule has 128 valence electrons. The van der Waals surface area contributed by atoms with E-state index in [1.54, 1.807) is 0 Å². The van der Waals surface area contributed by atoms with Gasteiger partial charge >= 0.3 is 59.1 Å². The minimum absolute atomic E-state index is 0. The van der Waals surface area contributed by atoms with Gasteiger partial charge in [0, 0.05) is 11.1 Å². The average Bonchev–Trinajstić information content (AvgIpc) is 2.49. The predicted molar refractivity (Wildman–Crippen MR) is 93.7 cm³/mol. The maximum atomic E-state index is 12.6. The molecule has 0 aromatic heterocycles. The number of fused-ring (bicyclic) bond motifs is 2. The Morgan fingerprint density at radius 2 is 0.923 bits per heavy atom. The Hall–Kier alpha value is -0.400. The SMILES string of the molecule is O=C1c2cccc(S(=O)(=O)O)c2C(=O)c2cccc(S(=O)(=O)O)c21.[NaH].[NaH]. The summed E-state index contributed by atoms with van der Waals surface area (Å²) in [6, 6.07) is 6.44. The van der Waals surface area contributed by atoms with E-state index in [4.69, 9.17) is 0 Å². The summed E-state index contributed by atoms with van der Waals surface area (Å²) in [5.41, 5.74) is -1.83. The van der Waals surface area contributed by atoms with E-state index in [0.717, 1.165) is 36.4 Å². The van der Waals surface area contributed by atoms with Crippen LogP contribution in [-0.4, -0.2) is 96.6 Å². The van der Waals surface area contributed by atoms with E-state index in [1.165, 1.54) is 0 Å². The van der Waals surface area contributed by atoms with Gasteiger partial charge in [0.05, 0.1) is 11.1 Å². The van der Waals surface area contributed by atoms with Crippen LogP contribution in [0.1, 0.15) is 31.8 Å². The number of hydrogen-bond acceptors (Lipinski definition) is 6. The van der Waals surface area contributed by atoms with Crippen molar-refractivity contribution in [1.82, 2.24) is 0 Å². The molecule has 0 saturated carbocycles. The van der Waals surface area contributed by atoms with Crippen molar-refractivity contribution in [2.75, 3.05) is 0 Å². The van der Waals surface area contributed by atoms with Crippen LogP contribution in [0, 0.1) is 0 Å². The molecule has 0 fully saturated rings. The summed E-state index contributed by atoms with van der Waals surface area (Å²) < 4.78 is 64.3. The molecule has 0 aliphatic heterocycles. The van der Waals surface area contributed by atoms with Gasteiger partial charge in [-0.3, -0.25) is 18.7 Å². The van der Waals surface area contributed by atoms with E-state index >= 15 is 0 Å². The topological polar surface area (TPSA) is 143 Å². The molecule has 26 heavy (non-hydrogen) atoms. The zero-order valence-electron chi connectivity index (χ0n) is 11.6. The normalized spacial score (nSPS) is 13.2. The van der Waals surface area contributed by atoms with Crippen LogP contribution in [0.15, 0.2) is 46.2 Å². The van der Waals surface area contributed by atoms with Crippen LogP contribution in [-0.2, 0) is 20.2 Å². The second-order valence-electron chi connectivity index (χ2n) is 4.97. The van der Waals surface area contributed by atoms with Gasteiger partial charge < -0.3 is 0 Å². The van der Waals surface area contributed by atoms with E-state index in [1.807, 2.05) is 0 Å². The number of benzene rings is 2. The molecule has 2 aromatic carbocycles. The molecule has 2 aromatic rings. The average molecular weight is 416 g/mol. The molecule has 0 atom stereocenters. The Bertz CT molecular complexity index is 1050. The zero-order chi connectivity index (χ0) is 17.9. The molecule has 0 unspecified atom stereocenters. The Balaban J connectivity index is 0.00000169. The summed E-state index contributed by atoms with van der Waals surface area (Å²) in [6.45, 7) is 0. The molecule has 0 amide bonds. The van der Waals surface area contributed by atoms with Crippen molar-refractivity contribution in [3.63, 3.8) is 0 Å². The van der Waals surface area contributed by atoms with Crippen LogP contribution in [0.3, 0.4) is 0 Å². The molecule has 8 nitrogen and oxygen atoms in total. The third-order valence-electron chi connectivity index (χ3n) is 3.55. The Kier molecular flexibility index (Phi) is 7.20. The van der Waals surface area contributed by atoms with Crippen molar-refractivity contribution < 1.29 is 35.5 Å². The van der Waals surface area contributed by atoms with Crippen molar-refractivity contribution >= 4 is 90.9 Å². The van der Waals surface area contributed by atoms with Gasteiger partial charge in [-0.2, -0.15) is 16.8 Å². The number of ketones is 2. The van der Waals surface area contributed by atoms with Gasteiger partial charge in [0.15, 0.2) is 11.6 Å². The summed E-state index contributed by atoms with van der Waals surface area (Å²) in [5, 5.41) is 0. The fourth-order valence-electron chi connectivity index (χ4n) is 2.61. The molecule has 3 rings (SSSR count). The molecular weight excluding hydrogens is 406 g/mol. The van der Waals surface area contributed by atoms with E-state index in [0.29, 0.717) is 0 Å². The van der Waals surface area contributed by atoms with Crippen LogP contribution in [0.4, 0.5) is 0 Å². The van der Waals surface area contributed by atoms with Gasteiger partial charge in [-0.25, -0.2) is 0 Å². The van der Waals surface area contributed by atoms with Crippen molar-refractivity contribution in [3.8, 4) is 0 Å². The second-order valence-corrected chi connectivity index (χ2v) is 7.75. The summed E-state index contributed by atoms with van der Waals surface area (Å²) in [7, 11) is -9.56. The fourth-order valence-corrected chi connectivity index (χ4v) is 4.03. The Morgan fingerprint density at radius 1 is 0.615 bits per heavy atom.